The van der Waals surface area contributed by atoms with Crippen molar-refractivity contribution in [3.05, 3.63) is 59.2 Å². The Morgan fingerprint density at radius 3 is 2.00 bits per heavy atom. The second-order valence-electron chi connectivity index (χ2n) is 3.54. The Morgan fingerprint density at radius 1 is 1.05 bits per heavy atom. The summed E-state index contributed by atoms with van der Waals surface area (Å²) in [6.45, 7) is 1.87. The van der Waals surface area contributed by atoms with Gasteiger partial charge in [0.15, 0.2) is 0 Å². The first-order chi connectivity index (χ1) is 9.22. The van der Waals surface area contributed by atoms with Gasteiger partial charge in [-0.2, -0.15) is 10.5 Å². The molecule has 0 aliphatic carbocycles. The van der Waals surface area contributed by atoms with Gasteiger partial charge in [-0.3, -0.25) is 0 Å². The molecule has 2 rings (SSSR count). The second-order valence-corrected chi connectivity index (χ2v) is 4.10. The van der Waals surface area contributed by atoms with E-state index in [1.807, 2.05) is 43.3 Å². The zero-order valence-corrected chi connectivity index (χ0v) is 11.9. The molecule has 4 nitrogen and oxygen atoms in total. The van der Waals surface area contributed by atoms with E-state index in [0.29, 0.717) is 16.7 Å². The fraction of sp³-hybridized carbons (Fsp3) is 0.200. The van der Waals surface area contributed by atoms with Crippen molar-refractivity contribution < 1.29 is 0 Å². The van der Waals surface area contributed by atoms with Crippen LogP contribution in [0.4, 0.5) is 0 Å². The number of nitrogens with zero attached hydrogens (tertiary/aromatic N) is 4. The minimum Gasteiger partial charge on any atom is -0.245 e. The van der Waals surface area contributed by atoms with Crippen LogP contribution in [0.1, 0.15) is 29.9 Å². The van der Waals surface area contributed by atoms with Gasteiger partial charge < -0.3 is 0 Å². The first-order valence-electron chi connectivity index (χ1n) is 5.44. The topological polar surface area (TPSA) is 73.4 Å². The van der Waals surface area contributed by atoms with Gasteiger partial charge in [-0.25, -0.2) is 9.97 Å². The minimum absolute atomic E-state index is 0. The van der Waals surface area contributed by atoms with Crippen molar-refractivity contribution in [3.8, 4) is 12.1 Å². The number of aromatic nitrogens is 2. The molecule has 0 spiro atoms. The van der Waals surface area contributed by atoms with Crippen LogP contribution < -0.4 is 0 Å². The molecule has 2 aromatic rings. The standard InChI is InChI=1S/C7H5BrN2.C7H6N2.CH4/c8-4-6-2-1-3-10-7(6)5-9;1-6-3-2-4-9-7(6)5-8;/h1-3H,4H2;2-4H,1H3;1H4. The monoisotopic (exact) mass is 330 g/mol. The number of rotatable bonds is 1. The molecule has 0 bridgehead atoms. The number of nitriles is 2. The lowest BCUT2D eigenvalue weighted by molar-refractivity contribution is 1.20. The maximum absolute atomic E-state index is 8.52. The van der Waals surface area contributed by atoms with Gasteiger partial charge in [0, 0.05) is 17.7 Å². The third-order valence-corrected chi connectivity index (χ3v) is 2.86. The smallest absolute Gasteiger partial charge is 0.144 e. The number of halogens is 1. The molecule has 0 aliphatic heterocycles. The molecule has 20 heavy (non-hydrogen) atoms. The van der Waals surface area contributed by atoms with Crippen molar-refractivity contribution in [2.24, 2.45) is 0 Å². The Kier molecular flexibility index (Phi) is 8.58. The first-order valence-corrected chi connectivity index (χ1v) is 6.56. The lowest BCUT2D eigenvalue weighted by Gasteiger charge is -1.93. The molecule has 0 saturated carbocycles. The average molecular weight is 331 g/mol. The fourth-order valence-electron chi connectivity index (χ4n) is 1.25. The highest BCUT2D eigenvalue weighted by Crippen LogP contribution is 2.07. The van der Waals surface area contributed by atoms with Gasteiger partial charge in [0.25, 0.3) is 0 Å². The summed E-state index contributed by atoms with van der Waals surface area (Å²) in [7, 11) is 0. The summed E-state index contributed by atoms with van der Waals surface area (Å²) >= 11 is 3.26. The summed E-state index contributed by atoms with van der Waals surface area (Å²) in [5.74, 6) is 0. The van der Waals surface area contributed by atoms with Gasteiger partial charge in [0.05, 0.1) is 0 Å². The molecule has 0 saturated heterocycles. The lowest BCUT2D eigenvalue weighted by atomic mass is 10.2. The number of hydrogen-bond acceptors (Lipinski definition) is 4. The van der Waals surface area contributed by atoms with Crippen LogP contribution >= 0.6 is 15.9 Å². The summed E-state index contributed by atoms with van der Waals surface area (Å²) in [5.41, 5.74) is 2.88. The van der Waals surface area contributed by atoms with E-state index in [4.69, 9.17) is 10.5 Å². The fourth-order valence-corrected chi connectivity index (χ4v) is 1.70. The highest BCUT2D eigenvalue weighted by molar-refractivity contribution is 9.08. The van der Waals surface area contributed by atoms with Crippen LogP contribution in [-0.4, -0.2) is 9.97 Å². The van der Waals surface area contributed by atoms with Crippen molar-refractivity contribution in [2.45, 2.75) is 19.7 Å². The number of alkyl halides is 1. The van der Waals surface area contributed by atoms with Crippen LogP contribution in [0.3, 0.4) is 0 Å². The van der Waals surface area contributed by atoms with Crippen LogP contribution in [-0.2, 0) is 5.33 Å². The zero-order valence-electron chi connectivity index (χ0n) is 10.3. The molecule has 0 aromatic carbocycles. The van der Waals surface area contributed by atoms with Gasteiger partial charge in [-0.15, -0.1) is 0 Å². The third-order valence-electron chi connectivity index (χ3n) is 2.26. The average Bonchev–Trinajstić information content (AvgIpc) is 2.48. The molecule has 0 atom stereocenters. The van der Waals surface area contributed by atoms with E-state index in [0.717, 1.165) is 11.1 Å². The van der Waals surface area contributed by atoms with Crippen molar-refractivity contribution in [1.29, 1.82) is 10.5 Å². The molecule has 0 fully saturated rings. The van der Waals surface area contributed by atoms with Crippen molar-refractivity contribution in [1.82, 2.24) is 9.97 Å². The van der Waals surface area contributed by atoms with E-state index in [9.17, 15) is 0 Å². The summed E-state index contributed by atoms with van der Waals surface area (Å²) < 4.78 is 0. The van der Waals surface area contributed by atoms with Gasteiger partial charge in [0.1, 0.15) is 23.5 Å². The van der Waals surface area contributed by atoms with Gasteiger partial charge >= 0.3 is 0 Å². The van der Waals surface area contributed by atoms with E-state index in [2.05, 4.69) is 25.9 Å². The molecule has 0 amide bonds. The number of pyridine rings is 2. The normalized spacial score (nSPS) is 8.20. The van der Waals surface area contributed by atoms with Crippen LogP contribution in [0.5, 0.6) is 0 Å². The van der Waals surface area contributed by atoms with Gasteiger partial charge in [-0.05, 0) is 30.2 Å². The van der Waals surface area contributed by atoms with Crippen molar-refractivity contribution in [2.75, 3.05) is 0 Å². The molecule has 0 unspecified atom stereocenters. The Morgan fingerprint density at radius 2 is 1.60 bits per heavy atom. The maximum atomic E-state index is 8.52. The van der Waals surface area contributed by atoms with Crippen molar-refractivity contribution >= 4 is 15.9 Å². The third kappa shape index (κ3) is 5.17. The molecule has 0 N–H and O–H groups in total. The highest BCUT2D eigenvalue weighted by atomic mass is 79.9. The predicted octanol–water partition coefficient (Wildman–Crippen LogP) is 3.75. The second kappa shape index (κ2) is 9.66. The molecule has 0 aliphatic rings. The van der Waals surface area contributed by atoms with Crippen LogP contribution in [0, 0.1) is 29.6 Å². The largest absolute Gasteiger partial charge is 0.245 e. The quantitative estimate of drug-likeness (QED) is 0.746. The van der Waals surface area contributed by atoms with E-state index < -0.39 is 0 Å². The Labute approximate surface area is 127 Å². The van der Waals surface area contributed by atoms with E-state index in [-0.39, 0.29) is 7.43 Å². The van der Waals surface area contributed by atoms with Crippen LogP contribution in [0.15, 0.2) is 36.7 Å². The number of aryl methyl sites for hydroxylation is 1. The molecule has 2 heterocycles. The molecule has 2 aromatic heterocycles. The number of hydrogen-bond donors (Lipinski definition) is 0. The molecular formula is C15H15BrN4. The zero-order chi connectivity index (χ0) is 14.1. The van der Waals surface area contributed by atoms with E-state index >= 15 is 0 Å². The Balaban J connectivity index is 0.000000345. The van der Waals surface area contributed by atoms with Crippen LogP contribution in [0.25, 0.3) is 0 Å². The van der Waals surface area contributed by atoms with E-state index in [1.54, 1.807) is 12.4 Å². The molecular weight excluding hydrogens is 316 g/mol. The Bertz CT molecular complexity index is 626. The minimum atomic E-state index is 0. The highest BCUT2D eigenvalue weighted by Gasteiger charge is 1.97. The first kappa shape index (κ1) is 17.8. The SMILES string of the molecule is C.Cc1cccnc1C#N.N#Cc1ncccc1CBr. The molecule has 0 radical (unpaired) electrons. The molecule has 5 heteroatoms. The predicted molar refractivity (Wildman–Crippen MR) is 82.0 cm³/mol. The van der Waals surface area contributed by atoms with Gasteiger partial charge in [-0.1, -0.05) is 35.5 Å². The van der Waals surface area contributed by atoms with Crippen molar-refractivity contribution in [3.63, 3.8) is 0 Å². The van der Waals surface area contributed by atoms with Crippen LogP contribution in [0.2, 0.25) is 0 Å². The summed E-state index contributed by atoms with van der Waals surface area (Å²) in [6.07, 6.45) is 3.23. The summed E-state index contributed by atoms with van der Waals surface area (Å²) in [5, 5.41) is 17.6. The lowest BCUT2D eigenvalue weighted by Crippen LogP contribution is -1.87. The summed E-state index contributed by atoms with van der Waals surface area (Å²) in [6, 6.07) is 11.4. The summed E-state index contributed by atoms with van der Waals surface area (Å²) in [4.78, 5) is 7.71. The maximum Gasteiger partial charge on any atom is 0.144 e. The van der Waals surface area contributed by atoms with Gasteiger partial charge in [0.2, 0.25) is 0 Å². The Hall–Kier alpha value is -2.24. The van der Waals surface area contributed by atoms with E-state index in [1.165, 1.54) is 0 Å². The molecule has 102 valence electrons.